The molecule has 0 N–H and O–H groups in total. The fourth-order valence-electron chi connectivity index (χ4n) is 0.702. The summed E-state index contributed by atoms with van der Waals surface area (Å²) >= 11 is 6.39. The molecule has 1 aromatic rings. The number of carbonyl (C=O) groups is 1. The van der Waals surface area contributed by atoms with Crippen molar-refractivity contribution in [1.29, 1.82) is 0 Å². The van der Waals surface area contributed by atoms with Crippen molar-refractivity contribution in [2.75, 3.05) is 0 Å². The molecular formula is C6H4Cl2O4S2. The van der Waals surface area contributed by atoms with Crippen LogP contribution in [0.4, 0.5) is 0 Å². The van der Waals surface area contributed by atoms with E-state index >= 15 is 0 Å². The highest BCUT2D eigenvalue weighted by molar-refractivity contribution is 8.14. The summed E-state index contributed by atoms with van der Waals surface area (Å²) in [6.45, 7) is 1.15. The molecule has 78 valence electrons. The molecule has 1 rings (SSSR count). The Morgan fingerprint density at radius 2 is 2.14 bits per heavy atom. The first-order valence-corrected chi connectivity index (χ1v) is 6.73. The summed E-state index contributed by atoms with van der Waals surface area (Å²) in [5.74, 6) is -0.634. The van der Waals surface area contributed by atoms with Crippen molar-refractivity contribution in [3.63, 3.8) is 0 Å². The number of halogens is 2. The van der Waals surface area contributed by atoms with E-state index in [1.807, 2.05) is 0 Å². The Balaban J connectivity index is 3.23. The van der Waals surface area contributed by atoms with Crippen LogP contribution in [-0.2, 0) is 13.8 Å². The molecule has 0 radical (unpaired) electrons. The summed E-state index contributed by atoms with van der Waals surface area (Å²) in [6.07, 6.45) is 0. The van der Waals surface area contributed by atoms with Crippen LogP contribution in [0.2, 0.25) is 4.34 Å². The highest BCUT2D eigenvalue weighted by atomic mass is 35.7. The lowest BCUT2D eigenvalue weighted by molar-refractivity contribution is -0.131. The molecule has 0 amide bonds. The lowest BCUT2D eigenvalue weighted by Gasteiger charge is -1.98. The summed E-state index contributed by atoms with van der Waals surface area (Å²) in [6, 6.07) is 1.13. The molecule has 0 aromatic carbocycles. The summed E-state index contributed by atoms with van der Waals surface area (Å²) in [7, 11) is 1.15. The molecule has 1 aromatic heterocycles. The van der Waals surface area contributed by atoms with Crippen molar-refractivity contribution in [1.82, 2.24) is 0 Å². The highest BCUT2D eigenvalue weighted by Gasteiger charge is 2.21. The third kappa shape index (κ3) is 2.84. The highest BCUT2D eigenvalue weighted by Crippen LogP contribution is 2.38. The minimum Gasteiger partial charge on any atom is -0.414 e. The van der Waals surface area contributed by atoms with E-state index in [9.17, 15) is 13.2 Å². The third-order valence-electron chi connectivity index (χ3n) is 1.14. The molecule has 8 heteroatoms. The fraction of sp³-hybridized carbons (Fsp3) is 0.167. The fourth-order valence-corrected chi connectivity index (χ4v) is 3.27. The van der Waals surface area contributed by atoms with Gasteiger partial charge < -0.3 is 4.74 Å². The molecule has 0 aliphatic rings. The Hall–Kier alpha value is -0.300. The molecule has 4 nitrogen and oxygen atoms in total. The van der Waals surface area contributed by atoms with Crippen LogP contribution in [0.5, 0.6) is 5.06 Å². The lowest BCUT2D eigenvalue weighted by Crippen LogP contribution is -2.02. The van der Waals surface area contributed by atoms with Crippen molar-refractivity contribution < 1.29 is 17.9 Å². The topological polar surface area (TPSA) is 60.4 Å². The number of hydrogen-bond donors (Lipinski definition) is 0. The van der Waals surface area contributed by atoms with Crippen molar-refractivity contribution in [3.05, 3.63) is 10.4 Å². The van der Waals surface area contributed by atoms with Crippen LogP contribution in [0.3, 0.4) is 0 Å². The third-order valence-corrected chi connectivity index (χ3v) is 3.73. The Morgan fingerprint density at radius 1 is 1.57 bits per heavy atom. The van der Waals surface area contributed by atoms with Crippen LogP contribution in [0, 0.1) is 0 Å². The minimum atomic E-state index is -3.94. The first-order chi connectivity index (χ1) is 6.30. The summed E-state index contributed by atoms with van der Waals surface area (Å²) in [5, 5.41) is -0.113. The van der Waals surface area contributed by atoms with Gasteiger partial charge in [0, 0.05) is 17.6 Å². The van der Waals surface area contributed by atoms with Crippen molar-refractivity contribution in [2.24, 2.45) is 0 Å². The predicted molar refractivity (Wildman–Crippen MR) is 53.7 cm³/mol. The van der Waals surface area contributed by atoms with E-state index in [1.165, 1.54) is 0 Å². The van der Waals surface area contributed by atoms with E-state index in [1.54, 1.807) is 0 Å². The Kier molecular flexibility index (Phi) is 3.41. The number of esters is 1. The molecule has 0 spiro atoms. The molecule has 0 aliphatic heterocycles. The second kappa shape index (κ2) is 4.06. The quantitative estimate of drug-likeness (QED) is 0.613. The van der Waals surface area contributed by atoms with Crippen LogP contribution in [-0.4, -0.2) is 14.4 Å². The van der Waals surface area contributed by atoms with E-state index in [0.717, 1.165) is 24.3 Å². The van der Waals surface area contributed by atoms with Crippen LogP contribution in [0.15, 0.2) is 11.0 Å². The van der Waals surface area contributed by atoms with E-state index in [-0.39, 0.29) is 14.3 Å². The first-order valence-electron chi connectivity index (χ1n) is 3.23. The number of carbonyl (C=O) groups excluding carboxylic acids is 1. The predicted octanol–water partition coefficient (Wildman–Crippen LogP) is 2.25. The zero-order valence-corrected chi connectivity index (χ0v) is 9.93. The lowest BCUT2D eigenvalue weighted by atomic mass is 10.6. The van der Waals surface area contributed by atoms with Crippen LogP contribution in [0.25, 0.3) is 0 Å². The smallest absolute Gasteiger partial charge is 0.308 e. The zero-order chi connectivity index (χ0) is 10.9. The average molecular weight is 275 g/mol. The van der Waals surface area contributed by atoms with Gasteiger partial charge in [0.05, 0.1) is 4.34 Å². The molecule has 0 atom stereocenters. The maximum atomic E-state index is 11.0. The number of hydrogen-bond acceptors (Lipinski definition) is 5. The van der Waals surface area contributed by atoms with E-state index in [2.05, 4.69) is 4.74 Å². The van der Waals surface area contributed by atoms with Crippen LogP contribution in [0.1, 0.15) is 6.92 Å². The molecule has 0 saturated carbocycles. The van der Waals surface area contributed by atoms with Gasteiger partial charge in [-0.25, -0.2) is 8.42 Å². The average Bonchev–Trinajstić information content (AvgIpc) is 2.28. The van der Waals surface area contributed by atoms with Crippen LogP contribution < -0.4 is 4.74 Å². The molecule has 0 bridgehead atoms. The molecular weight excluding hydrogens is 271 g/mol. The van der Waals surface area contributed by atoms with Crippen molar-refractivity contribution >= 4 is 48.6 Å². The summed E-state index contributed by atoms with van der Waals surface area (Å²) in [4.78, 5) is 10.3. The van der Waals surface area contributed by atoms with E-state index < -0.39 is 15.0 Å². The molecule has 0 aliphatic carbocycles. The van der Waals surface area contributed by atoms with Gasteiger partial charge in [-0.1, -0.05) is 22.9 Å². The second-order valence-corrected chi connectivity index (χ2v) is 6.41. The van der Waals surface area contributed by atoms with Gasteiger partial charge >= 0.3 is 5.97 Å². The van der Waals surface area contributed by atoms with E-state index in [0.29, 0.717) is 0 Å². The summed E-state index contributed by atoms with van der Waals surface area (Å²) < 4.78 is 26.7. The SMILES string of the molecule is CC(=O)Oc1sc(Cl)cc1S(=O)(=O)Cl. The van der Waals surface area contributed by atoms with Gasteiger partial charge in [-0.15, -0.1) is 0 Å². The normalized spacial score (nSPS) is 11.4. The molecule has 0 fully saturated rings. The van der Waals surface area contributed by atoms with Gasteiger partial charge in [-0.2, -0.15) is 0 Å². The van der Waals surface area contributed by atoms with Gasteiger partial charge in [0.1, 0.15) is 4.90 Å². The molecule has 1 heterocycles. The second-order valence-electron chi connectivity index (χ2n) is 2.23. The van der Waals surface area contributed by atoms with Crippen LogP contribution >= 0.6 is 33.6 Å². The maximum Gasteiger partial charge on any atom is 0.308 e. The molecule has 0 saturated heterocycles. The summed E-state index contributed by atoms with van der Waals surface area (Å²) in [5.41, 5.74) is 0. The molecule has 14 heavy (non-hydrogen) atoms. The Labute approximate surface area is 93.8 Å². The Bertz CT molecular complexity index is 462. The van der Waals surface area contributed by atoms with Crippen molar-refractivity contribution in [3.8, 4) is 5.06 Å². The van der Waals surface area contributed by atoms with Gasteiger partial charge in [0.2, 0.25) is 5.06 Å². The zero-order valence-electron chi connectivity index (χ0n) is 6.78. The standard InChI is InChI=1S/C6H4Cl2O4S2/c1-3(9)12-6-4(14(8,10)11)2-5(7)13-6/h2H,1H3. The largest absolute Gasteiger partial charge is 0.414 e. The van der Waals surface area contributed by atoms with E-state index in [4.69, 9.17) is 22.3 Å². The number of ether oxygens (including phenoxy) is 1. The van der Waals surface area contributed by atoms with Gasteiger partial charge in [0.15, 0.2) is 0 Å². The minimum absolute atomic E-state index is 0.113. The first kappa shape index (κ1) is 11.8. The maximum absolute atomic E-state index is 11.0. The molecule has 0 unspecified atom stereocenters. The van der Waals surface area contributed by atoms with Crippen molar-refractivity contribution in [2.45, 2.75) is 11.8 Å². The Morgan fingerprint density at radius 3 is 2.57 bits per heavy atom. The van der Waals surface area contributed by atoms with Gasteiger partial charge in [0.25, 0.3) is 9.05 Å². The number of thiophene rings is 1. The van der Waals surface area contributed by atoms with Gasteiger partial charge in [-0.3, -0.25) is 4.79 Å². The van der Waals surface area contributed by atoms with Gasteiger partial charge in [-0.05, 0) is 6.07 Å². The monoisotopic (exact) mass is 274 g/mol. The number of rotatable bonds is 2.